The molecule has 3 aliphatic rings. The number of benzene rings is 4. The van der Waals surface area contributed by atoms with E-state index in [-0.39, 0.29) is 0 Å². The molecule has 38 heavy (non-hydrogen) atoms. The van der Waals surface area contributed by atoms with Gasteiger partial charge < -0.3 is 0 Å². The quantitative estimate of drug-likeness (QED) is 0.185. The van der Waals surface area contributed by atoms with Crippen LogP contribution in [0.3, 0.4) is 0 Å². The monoisotopic (exact) mass is 492 g/mol. The van der Waals surface area contributed by atoms with Crippen LogP contribution in [0.1, 0.15) is 76.6 Å². The fourth-order valence-electron chi connectivity index (χ4n) is 5.50. The maximum absolute atomic E-state index is 4.22. The summed E-state index contributed by atoms with van der Waals surface area (Å²) in [4.78, 5) is 0. The third-order valence-electron chi connectivity index (χ3n) is 7.64. The minimum Gasteiger partial charge on any atom is -0.0999 e. The minimum absolute atomic E-state index is 1.03. The smallest absolute Gasteiger partial charge is 0.00135 e. The van der Waals surface area contributed by atoms with Gasteiger partial charge in [-0.1, -0.05) is 141 Å². The molecule has 0 aromatic heterocycles. The lowest BCUT2D eigenvalue weighted by atomic mass is 9.83. The Morgan fingerprint density at radius 1 is 0.421 bits per heavy atom. The fraction of sp³-hybridized carbons (Fsp3) is 0.158. The van der Waals surface area contributed by atoms with Gasteiger partial charge in [0.25, 0.3) is 0 Å². The van der Waals surface area contributed by atoms with E-state index in [1.54, 1.807) is 0 Å². The van der Waals surface area contributed by atoms with Crippen LogP contribution in [0.2, 0.25) is 0 Å². The predicted molar refractivity (Wildman–Crippen MR) is 166 cm³/mol. The van der Waals surface area contributed by atoms with Crippen molar-refractivity contribution in [2.45, 2.75) is 38.5 Å². The number of hydrogen-bond donors (Lipinski definition) is 0. The first-order valence-electron chi connectivity index (χ1n) is 13.7. The largest absolute Gasteiger partial charge is 0.0999 e. The molecular formula is C38H36. The van der Waals surface area contributed by atoms with Crippen LogP contribution in [0.5, 0.6) is 0 Å². The van der Waals surface area contributed by atoms with Crippen LogP contribution >= 0.6 is 0 Å². The molecule has 3 aliphatic carbocycles. The van der Waals surface area contributed by atoms with E-state index in [4.69, 9.17) is 0 Å². The number of allylic oxidation sites excluding steroid dienone is 1. The highest BCUT2D eigenvalue weighted by molar-refractivity contribution is 5.92. The number of fused-ring (bicyclic) bond motifs is 4. The lowest BCUT2D eigenvalue weighted by Crippen LogP contribution is -2.05. The number of rotatable bonds is 0. The summed E-state index contributed by atoms with van der Waals surface area (Å²) < 4.78 is 0. The molecule has 0 saturated heterocycles. The predicted octanol–water partition coefficient (Wildman–Crippen LogP) is 10.4. The van der Waals surface area contributed by atoms with E-state index < -0.39 is 0 Å². The van der Waals surface area contributed by atoms with Gasteiger partial charge in [-0.15, -0.1) is 0 Å². The standard InChI is InChI=1S/C16H12.C15H12.C7H12/c1-12-15-8-4-2-6-13(15)10-11-14-7-3-5-9-16(12)14;1-11-14-8-4-2-6-12(14)10-13-7-3-5-9-15(11)13;1-7-5-3-2-4-6-7/h2-11H,1H2;2-9H,1,10H2;1-6H2. The first kappa shape index (κ1) is 25.5. The van der Waals surface area contributed by atoms with Crippen LogP contribution in [-0.2, 0) is 6.42 Å². The molecule has 0 spiro atoms. The molecule has 1 fully saturated rings. The van der Waals surface area contributed by atoms with E-state index in [1.807, 2.05) is 0 Å². The Kier molecular flexibility index (Phi) is 8.00. The third-order valence-corrected chi connectivity index (χ3v) is 7.64. The molecule has 0 radical (unpaired) electrons. The highest BCUT2D eigenvalue weighted by Crippen LogP contribution is 2.34. The topological polar surface area (TPSA) is 0 Å². The van der Waals surface area contributed by atoms with Crippen molar-refractivity contribution in [1.29, 1.82) is 0 Å². The molecule has 0 heterocycles. The second-order valence-electron chi connectivity index (χ2n) is 10.3. The summed E-state index contributed by atoms with van der Waals surface area (Å²) in [7, 11) is 0. The normalized spacial score (nSPS) is 14.8. The van der Waals surface area contributed by atoms with Crippen molar-refractivity contribution in [1.82, 2.24) is 0 Å². The second kappa shape index (κ2) is 11.9. The molecule has 0 atom stereocenters. The molecule has 0 N–H and O–H groups in total. The van der Waals surface area contributed by atoms with E-state index in [0.29, 0.717) is 0 Å². The van der Waals surface area contributed by atoms with Gasteiger partial charge in [0, 0.05) is 0 Å². The first-order valence-corrected chi connectivity index (χ1v) is 13.7. The van der Waals surface area contributed by atoms with Crippen molar-refractivity contribution in [3.63, 3.8) is 0 Å². The zero-order chi connectivity index (χ0) is 26.3. The van der Waals surface area contributed by atoms with Gasteiger partial charge in [-0.25, -0.2) is 0 Å². The Balaban J connectivity index is 0.000000125. The summed E-state index contributed by atoms with van der Waals surface area (Å²) >= 11 is 0. The third kappa shape index (κ3) is 5.71. The zero-order valence-electron chi connectivity index (χ0n) is 22.3. The highest BCUT2D eigenvalue weighted by atomic mass is 14.2. The zero-order valence-corrected chi connectivity index (χ0v) is 22.3. The molecule has 0 unspecified atom stereocenters. The van der Waals surface area contributed by atoms with E-state index in [1.165, 1.54) is 82.2 Å². The average molecular weight is 493 g/mol. The van der Waals surface area contributed by atoms with E-state index >= 15 is 0 Å². The van der Waals surface area contributed by atoms with Crippen LogP contribution in [-0.4, -0.2) is 0 Å². The van der Waals surface area contributed by atoms with E-state index in [0.717, 1.165) is 17.6 Å². The van der Waals surface area contributed by atoms with Crippen LogP contribution in [0.25, 0.3) is 23.3 Å². The van der Waals surface area contributed by atoms with Crippen LogP contribution < -0.4 is 0 Å². The van der Waals surface area contributed by atoms with Crippen LogP contribution in [0.15, 0.2) is 122 Å². The molecule has 4 aromatic rings. The van der Waals surface area contributed by atoms with Gasteiger partial charge in [0.15, 0.2) is 0 Å². The van der Waals surface area contributed by atoms with Crippen molar-refractivity contribution in [3.8, 4) is 0 Å². The Bertz CT molecular complexity index is 1400. The fourth-order valence-corrected chi connectivity index (χ4v) is 5.50. The maximum Gasteiger partial charge on any atom is -0.00135 e. The summed E-state index contributed by atoms with van der Waals surface area (Å²) in [6, 6.07) is 33.8. The Hall–Kier alpha value is -4.16. The molecule has 0 bridgehead atoms. The van der Waals surface area contributed by atoms with Gasteiger partial charge in [-0.05, 0) is 87.8 Å². The minimum atomic E-state index is 1.03. The van der Waals surface area contributed by atoms with Crippen LogP contribution in [0.4, 0.5) is 0 Å². The molecule has 0 nitrogen and oxygen atoms in total. The molecule has 0 aliphatic heterocycles. The summed E-state index contributed by atoms with van der Waals surface area (Å²) in [5, 5.41) is 0. The lowest BCUT2D eigenvalue weighted by Gasteiger charge is -2.21. The summed E-state index contributed by atoms with van der Waals surface area (Å²) in [6.45, 7) is 12.3. The molecule has 0 amide bonds. The molecule has 7 rings (SSSR count). The SMILES string of the molecule is C=C1CCCCC1.C=C1c2ccccc2C=Cc2ccccc21.C=C1c2ccccc2Cc2ccccc21. The van der Waals surface area contributed by atoms with Crippen molar-refractivity contribution < 1.29 is 0 Å². The van der Waals surface area contributed by atoms with Crippen molar-refractivity contribution >= 4 is 23.3 Å². The first-order chi connectivity index (χ1) is 18.6. The van der Waals surface area contributed by atoms with Crippen LogP contribution in [0, 0.1) is 0 Å². The summed E-state index contributed by atoms with van der Waals surface area (Å²) in [5.41, 5.74) is 14.0. The van der Waals surface area contributed by atoms with E-state index in [2.05, 4.69) is 129 Å². The molecule has 0 heteroatoms. The summed E-state index contributed by atoms with van der Waals surface area (Å²) in [5.74, 6) is 0. The molecule has 188 valence electrons. The number of hydrogen-bond acceptors (Lipinski definition) is 0. The van der Waals surface area contributed by atoms with Gasteiger partial charge in [0.1, 0.15) is 0 Å². The van der Waals surface area contributed by atoms with Gasteiger partial charge in [0.05, 0.1) is 0 Å². The van der Waals surface area contributed by atoms with Crippen molar-refractivity contribution in [2.24, 2.45) is 0 Å². The highest BCUT2D eigenvalue weighted by Gasteiger charge is 2.17. The Morgan fingerprint density at radius 2 is 0.816 bits per heavy atom. The van der Waals surface area contributed by atoms with Gasteiger partial charge in [-0.2, -0.15) is 0 Å². The van der Waals surface area contributed by atoms with Gasteiger partial charge >= 0.3 is 0 Å². The average Bonchev–Trinajstić information content (AvgIpc) is 3.11. The molecule has 4 aromatic carbocycles. The summed E-state index contributed by atoms with van der Waals surface area (Å²) in [6.07, 6.45) is 12.1. The molecular weight excluding hydrogens is 456 g/mol. The Morgan fingerprint density at radius 3 is 1.26 bits per heavy atom. The lowest BCUT2D eigenvalue weighted by molar-refractivity contribution is 0.601. The van der Waals surface area contributed by atoms with Gasteiger partial charge in [-0.3, -0.25) is 0 Å². The maximum atomic E-state index is 4.22. The second-order valence-corrected chi connectivity index (χ2v) is 10.3. The van der Waals surface area contributed by atoms with Crippen molar-refractivity contribution in [2.75, 3.05) is 0 Å². The Labute approximate surface area is 228 Å². The van der Waals surface area contributed by atoms with Gasteiger partial charge in [0.2, 0.25) is 0 Å². The van der Waals surface area contributed by atoms with E-state index in [9.17, 15) is 0 Å². The molecule has 1 saturated carbocycles. The van der Waals surface area contributed by atoms with Crippen molar-refractivity contribution in [3.05, 3.63) is 167 Å².